The Morgan fingerprint density at radius 1 is 1.75 bits per heavy atom. The van der Waals surface area contributed by atoms with Gasteiger partial charge < -0.3 is 5.73 Å². The third kappa shape index (κ3) is 1.01. The summed E-state index contributed by atoms with van der Waals surface area (Å²) in [5.74, 6) is 0. The van der Waals surface area contributed by atoms with Crippen molar-refractivity contribution in [2.24, 2.45) is 12.8 Å². The Labute approximate surface area is 69.6 Å². The van der Waals surface area contributed by atoms with E-state index in [1.165, 1.54) is 11.0 Å². The van der Waals surface area contributed by atoms with E-state index in [1.807, 2.05) is 0 Å². The Bertz CT molecular complexity index is 289. The van der Waals surface area contributed by atoms with Crippen molar-refractivity contribution in [1.29, 1.82) is 0 Å². The number of hydrogen-bond donors (Lipinski definition) is 1. The van der Waals surface area contributed by atoms with Gasteiger partial charge in [0.25, 0.3) is 0 Å². The lowest BCUT2D eigenvalue weighted by Gasteiger charge is -2.37. The van der Waals surface area contributed by atoms with E-state index >= 15 is 0 Å². The van der Waals surface area contributed by atoms with Gasteiger partial charge in [-0.1, -0.05) is 0 Å². The summed E-state index contributed by atoms with van der Waals surface area (Å²) in [5.41, 5.74) is 4.60. The highest BCUT2D eigenvalue weighted by Gasteiger charge is 2.46. The van der Waals surface area contributed by atoms with Crippen molar-refractivity contribution >= 4 is 0 Å². The molecule has 1 heterocycles. The summed E-state index contributed by atoms with van der Waals surface area (Å²) < 4.78 is 13.7. The Morgan fingerprint density at radius 3 is 2.83 bits per heavy atom. The van der Waals surface area contributed by atoms with Crippen LogP contribution in [0.3, 0.4) is 0 Å². The predicted octanol–water partition coefficient (Wildman–Crippen LogP) is 0.101. The van der Waals surface area contributed by atoms with Gasteiger partial charge in [0.1, 0.15) is 5.69 Å². The van der Waals surface area contributed by atoms with Gasteiger partial charge in [0.2, 0.25) is 0 Å². The van der Waals surface area contributed by atoms with Crippen molar-refractivity contribution in [1.82, 2.24) is 15.0 Å². The van der Waals surface area contributed by atoms with Crippen LogP contribution >= 0.6 is 0 Å². The number of hydrogen-bond acceptors (Lipinski definition) is 3. The molecule has 1 aromatic rings. The topological polar surface area (TPSA) is 56.7 Å². The molecule has 0 radical (unpaired) electrons. The maximum atomic E-state index is 13.7. The van der Waals surface area contributed by atoms with Gasteiger partial charge >= 0.3 is 0 Å². The molecular weight excluding hydrogens is 159 g/mol. The molecule has 1 fully saturated rings. The fourth-order valence-electron chi connectivity index (χ4n) is 1.53. The number of aryl methyl sites for hydroxylation is 1. The molecule has 2 rings (SSSR count). The molecule has 0 unspecified atom stereocenters. The smallest absolute Gasteiger partial charge is 0.159 e. The molecule has 0 aliphatic heterocycles. The first-order valence-corrected chi connectivity index (χ1v) is 3.91. The van der Waals surface area contributed by atoms with Crippen LogP contribution in [-0.2, 0) is 12.7 Å². The van der Waals surface area contributed by atoms with Crippen molar-refractivity contribution in [2.75, 3.05) is 0 Å². The average molecular weight is 170 g/mol. The van der Waals surface area contributed by atoms with Crippen LogP contribution in [0.4, 0.5) is 4.39 Å². The molecule has 0 bridgehead atoms. The first-order chi connectivity index (χ1) is 5.60. The molecule has 1 aliphatic carbocycles. The third-order valence-electron chi connectivity index (χ3n) is 2.23. The quantitative estimate of drug-likeness (QED) is 0.650. The molecule has 1 saturated carbocycles. The van der Waals surface area contributed by atoms with Gasteiger partial charge in [-0.25, -0.2) is 4.39 Å². The summed E-state index contributed by atoms with van der Waals surface area (Å²) in [5, 5.41) is 7.73. The van der Waals surface area contributed by atoms with Crippen molar-refractivity contribution < 1.29 is 4.39 Å². The van der Waals surface area contributed by atoms with Crippen molar-refractivity contribution in [3.63, 3.8) is 0 Å². The Balaban J connectivity index is 2.20. The Kier molecular flexibility index (Phi) is 1.44. The van der Waals surface area contributed by atoms with Crippen molar-refractivity contribution in [3.8, 4) is 0 Å². The summed E-state index contributed by atoms with van der Waals surface area (Å²) in [4.78, 5) is 1.36. The number of nitrogens with zero attached hydrogens (tertiary/aromatic N) is 3. The lowest BCUT2D eigenvalue weighted by atomic mass is 9.76. The number of rotatable bonds is 1. The van der Waals surface area contributed by atoms with E-state index in [1.54, 1.807) is 7.05 Å². The second-order valence-electron chi connectivity index (χ2n) is 3.35. The largest absolute Gasteiger partial charge is 0.327 e. The van der Waals surface area contributed by atoms with E-state index in [-0.39, 0.29) is 6.04 Å². The number of halogens is 1. The zero-order valence-electron chi connectivity index (χ0n) is 6.87. The minimum Gasteiger partial charge on any atom is -0.327 e. The molecule has 0 saturated heterocycles. The number of aromatic nitrogens is 3. The van der Waals surface area contributed by atoms with Crippen LogP contribution in [0.2, 0.25) is 0 Å². The molecule has 0 aromatic carbocycles. The highest BCUT2D eigenvalue weighted by molar-refractivity contribution is 5.14. The van der Waals surface area contributed by atoms with Gasteiger partial charge in [0.05, 0.1) is 6.20 Å². The molecule has 5 heteroatoms. The molecule has 12 heavy (non-hydrogen) atoms. The maximum absolute atomic E-state index is 13.7. The van der Waals surface area contributed by atoms with Crippen LogP contribution < -0.4 is 5.73 Å². The molecule has 0 atom stereocenters. The van der Waals surface area contributed by atoms with E-state index in [0.29, 0.717) is 18.5 Å². The summed E-state index contributed by atoms with van der Waals surface area (Å²) in [6.07, 6.45) is 2.20. The van der Waals surface area contributed by atoms with Gasteiger partial charge in [-0.15, -0.1) is 0 Å². The van der Waals surface area contributed by atoms with Crippen LogP contribution in [0.25, 0.3) is 0 Å². The van der Waals surface area contributed by atoms with Gasteiger partial charge in [0.15, 0.2) is 5.67 Å². The Morgan fingerprint density at radius 2 is 2.42 bits per heavy atom. The first kappa shape index (κ1) is 7.67. The van der Waals surface area contributed by atoms with Crippen LogP contribution in [0.5, 0.6) is 0 Å². The predicted molar refractivity (Wildman–Crippen MR) is 41.0 cm³/mol. The lowest BCUT2D eigenvalue weighted by molar-refractivity contribution is 0.0354. The summed E-state index contributed by atoms with van der Waals surface area (Å²) in [6, 6.07) is -0.0167. The van der Waals surface area contributed by atoms with Gasteiger partial charge in [-0.2, -0.15) is 15.0 Å². The van der Waals surface area contributed by atoms with E-state index in [2.05, 4.69) is 10.2 Å². The number of alkyl halides is 1. The van der Waals surface area contributed by atoms with Gasteiger partial charge in [0, 0.05) is 25.9 Å². The number of nitrogens with two attached hydrogens (primary N) is 1. The second-order valence-corrected chi connectivity index (χ2v) is 3.35. The zero-order chi connectivity index (χ0) is 8.77. The van der Waals surface area contributed by atoms with E-state index in [4.69, 9.17) is 5.73 Å². The SMILES string of the molecule is Cn1ncc(C2(F)CC(N)C2)n1. The van der Waals surface area contributed by atoms with Crippen molar-refractivity contribution in [2.45, 2.75) is 24.6 Å². The second kappa shape index (κ2) is 2.26. The monoisotopic (exact) mass is 170 g/mol. The summed E-state index contributed by atoms with van der Waals surface area (Å²) in [7, 11) is 1.67. The molecule has 1 aliphatic rings. The molecule has 0 spiro atoms. The normalized spacial score (nSPS) is 34.8. The van der Waals surface area contributed by atoms with Gasteiger partial charge in [-0.3, -0.25) is 0 Å². The summed E-state index contributed by atoms with van der Waals surface area (Å²) in [6.45, 7) is 0. The van der Waals surface area contributed by atoms with E-state index in [0.717, 1.165) is 0 Å². The summed E-state index contributed by atoms with van der Waals surface area (Å²) >= 11 is 0. The molecule has 4 nitrogen and oxygen atoms in total. The lowest BCUT2D eigenvalue weighted by Crippen LogP contribution is -2.46. The van der Waals surface area contributed by atoms with Gasteiger partial charge in [-0.05, 0) is 0 Å². The minimum absolute atomic E-state index is 0.0167. The van der Waals surface area contributed by atoms with Crippen LogP contribution in [0.15, 0.2) is 6.20 Å². The molecular formula is C7H11FN4. The van der Waals surface area contributed by atoms with E-state index < -0.39 is 5.67 Å². The molecule has 2 N–H and O–H groups in total. The van der Waals surface area contributed by atoms with Crippen molar-refractivity contribution in [3.05, 3.63) is 11.9 Å². The van der Waals surface area contributed by atoms with Crippen LogP contribution in [-0.4, -0.2) is 21.0 Å². The van der Waals surface area contributed by atoms with Crippen LogP contribution in [0.1, 0.15) is 18.5 Å². The molecule has 1 aromatic heterocycles. The standard InChI is InChI=1S/C7H11FN4/c1-12-10-4-6(11-12)7(8)2-5(9)3-7/h4-5H,2-3,9H2,1H3. The third-order valence-corrected chi connectivity index (χ3v) is 2.23. The first-order valence-electron chi connectivity index (χ1n) is 3.91. The van der Waals surface area contributed by atoms with E-state index in [9.17, 15) is 4.39 Å². The fourth-order valence-corrected chi connectivity index (χ4v) is 1.53. The van der Waals surface area contributed by atoms with Crippen LogP contribution in [0, 0.1) is 0 Å². The molecule has 0 amide bonds. The highest BCUT2D eigenvalue weighted by Crippen LogP contribution is 2.42. The minimum atomic E-state index is -1.31. The maximum Gasteiger partial charge on any atom is 0.159 e. The molecule has 66 valence electrons. The fraction of sp³-hybridized carbons (Fsp3) is 0.714. The Hall–Kier alpha value is -0.970. The zero-order valence-corrected chi connectivity index (χ0v) is 6.87. The average Bonchev–Trinajstić information content (AvgIpc) is 2.33. The highest BCUT2D eigenvalue weighted by atomic mass is 19.1.